The van der Waals surface area contributed by atoms with Crippen LogP contribution in [0.1, 0.15) is 10.4 Å². The van der Waals surface area contributed by atoms with Gasteiger partial charge in [0.2, 0.25) is 0 Å². The van der Waals surface area contributed by atoms with Crippen LogP contribution in [0.2, 0.25) is 0 Å². The number of Topliss-reactive ketones (excluding diaryl/α,β-unsaturated/α-hetero) is 1. The maximum absolute atomic E-state index is 12.4. The number of aromatic nitrogens is 3. The molecule has 1 aliphatic rings. The zero-order valence-electron chi connectivity index (χ0n) is 12.7. The minimum absolute atomic E-state index is 0.0939. The SMILES string of the molecule is O=C(CSc1nc2[nH]c(=O)[nH]c(=O)c2s1)c1ccc2c(c1)OCCO2. The number of thiazole rings is 1. The minimum atomic E-state index is -0.605. The average molecular weight is 377 g/mol. The molecule has 0 atom stereocenters. The second-order valence-electron chi connectivity index (χ2n) is 5.14. The van der Waals surface area contributed by atoms with E-state index in [1.165, 1.54) is 11.8 Å². The van der Waals surface area contributed by atoms with E-state index in [9.17, 15) is 14.4 Å². The number of H-pyrrole nitrogens is 2. The van der Waals surface area contributed by atoms with Gasteiger partial charge in [0.15, 0.2) is 27.3 Å². The number of hydrogen-bond acceptors (Lipinski definition) is 8. The van der Waals surface area contributed by atoms with Crippen molar-refractivity contribution < 1.29 is 14.3 Å². The van der Waals surface area contributed by atoms with E-state index in [4.69, 9.17) is 9.47 Å². The summed E-state index contributed by atoms with van der Waals surface area (Å²) < 4.78 is 11.8. The van der Waals surface area contributed by atoms with Gasteiger partial charge in [0.25, 0.3) is 5.56 Å². The molecule has 0 saturated carbocycles. The van der Waals surface area contributed by atoms with Crippen molar-refractivity contribution in [3.05, 3.63) is 44.6 Å². The van der Waals surface area contributed by atoms with Gasteiger partial charge in [0.1, 0.15) is 17.9 Å². The molecule has 4 rings (SSSR count). The van der Waals surface area contributed by atoms with Gasteiger partial charge in [0.05, 0.1) is 5.75 Å². The first-order valence-corrected chi connectivity index (χ1v) is 9.09. The number of fused-ring (bicyclic) bond motifs is 2. The molecule has 25 heavy (non-hydrogen) atoms. The summed E-state index contributed by atoms with van der Waals surface area (Å²) in [6, 6.07) is 5.07. The van der Waals surface area contributed by atoms with Crippen LogP contribution in [0.15, 0.2) is 32.1 Å². The Bertz CT molecular complexity index is 1080. The van der Waals surface area contributed by atoms with Crippen molar-refractivity contribution in [2.75, 3.05) is 19.0 Å². The lowest BCUT2D eigenvalue weighted by molar-refractivity contribution is 0.102. The molecule has 0 bridgehead atoms. The first-order valence-electron chi connectivity index (χ1n) is 7.29. The van der Waals surface area contributed by atoms with E-state index in [0.29, 0.717) is 39.3 Å². The molecule has 2 aromatic heterocycles. The molecule has 2 N–H and O–H groups in total. The summed E-state index contributed by atoms with van der Waals surface area (Å²) in [4.78, 5) is 44.1. The van der Waals surface area contributed by atoms with Crippen LogP contribution in [0.3, 0.4) is 0 Å². The number of thioether (sulfide) groups is 1. The Morgan fingerprint density at radius 3 is 2.84 bits per heavy atom. The second kappa shape index (κ2) is 6.37. The molecule has 1 aliphatic heterocycles. The molecule has 128 valence electrons. The quantitative estimate of drug-likeness (QED) is 0.522. The first kappa shape index (κ1) is 15.9. The van der Waals surface area contributed by atoms with Crippen molar-refractivity contribution in [2.24, 2.45) is 0 Å². The van der Waals surface area contributed by atoms with Gasteiger partial charge in [0, 0.05) is 5.56 Å². The fourth-order valence-electron chi connectivity index (χ4n) is 2.33. The number of carbonyl (C=O) groups excluding carboxylic acids is 1. The largest absolute Gasteiger partial charge is 0.486 e. The number of benzene rings is 1. The molecular formula is C15H11N3O5S2. The Balaban J connectivity index is 1.51. The fourth-order valence-corrected chi connectivity index (χ4v) is 4.22. The monoisotopic (exact) mass is 377 g/mol. The number of rotatable bonds is 4. The summed E-state index contributed by atoms with van der Waals surface area (Å²) in [6.45, 7) is 0.951. The molecule has 0 unspecified atom stereocenters. The van der Waals surface area contributed by atoms with Crippen molar-refractivity contribution in [1.29, 1.82) is 0 Å². The van der Waals surface area contributed by atoms with Crippen LogP contribution in [-0.2, 0) is 0 Å². The Morgan fingerprint density at radius 2 is 2.00 bits per heavy atom. The summed E-state index contributed by atoms with van der Waals surface area (Å²) in [6.07, 6.45) is 0. The van der Waals surface area contributed by atoms with Gasteiger partial charge < -0.3 is 9.47 Å². The molecule has 0 spiro atoms. The minimum Gasteiger partial charge on any atom is -0.486 e. The van der Waals surface area contributed by atoms with Crippen molar-refractivity contribution >= 4 is 39.2 Å². The van der Waals surface area contributed by atoms with Gasteiger partial charge in [-0.25, -0.2) is 9.78 Å². The molecule has 8 nitrogen and oxygen atoms in total. The molecule has 0 radical (unpaired) electrons. The topological polar surface area (TPSA) is 114 Å². The summed E-state index contributed by atoms with van der Waals surface area (Å²) in [5.41, 5.74) is -0.342. The van der Waals surface area contributed by atoms with Crippen LogP contribution in [0.4, 0.5) is 0 Å². The lowest BCUT2D eigenvalue weighted by Crippen LogP contribution is -2.20. The van der Waals surface area contributed by atoms with E-state index < -0.39 is 11.2 Å². The number of ether oxygens (including phenoxy) is 2. The third-order valence-electron chi connectivity index (χ3n) is 3.46. The number of nitrogens with zero attached hydrogens (tertiary/aromatic N) is 1. The molecule has 0 aliphatic carbocycles. The maximum atomic E-state index is 12.4. The number of carbonyl (C=O) groups is 1. The Kier molecular flexibility index (Phi) is 4.06. The smallest absolute Gasteiger partial charge is 0.327 e. The lowest BCUT2D eigenvalue weighted by atomic mass is 10.1. The standard InChI is InChI=1S/C15H11N3O5S2/c19-8(7-1-2-9-10(5-7)23-4-3-22-9)6-24-15-17-12-11(25-15)13(20)18-14(21)16-12/h1-2,5H,3-4,6H2,(H2,16,18,20,21). The number of hydrogen-bond donors (Lipinski definition) is 2. The van der Waals surface area contributed by atoms with Gasteiger partial charge in [-0.1, -0.05) is 11.8 Å². The Hall–Kier alpha value is -2.59. The van der Waals surface area contributed by atoms with Gasteiger partial charge in [-0.2, -0.15) is 0 Å². The zero-order chi connectivity index (χ0) is 17.4. The Labute approximate surface area is 148 Å². The first-order chi connectivity index (χ1) is 12.1. The molecular weight excluding hydrogens is 366 g/mol. The molecule has 3 heterocycles. The van der Waals surface area contributed by atoms with E-state index in [1.54, 1.807) is 18.2 Å². The van der Waals surface area contributed by atoms with E-state index in [-0.39, 0.29) is 17.2 Å². The fraction of sp³-hybridized carbons (Fsp3) is 0.200. The number of aromatic amines is 2. The van der Waals surface area contributed by atoms with Crippen LogP contribution in [0, 0.1) is 0 Å². The van der Waals surface area contributed by atoms with E-state index >= 15 is 0 Å². The molecule has 1 aromatic carbocycles. The number of nitrogens with one attached hydrogen (secondary N) is 2. The zero-order valence-corrected chi connectivity index (χ0v) is 14.3. The third kappa shape index (κ3) is 3.17. The van der Waals surface area contributed by atoms with Crippen LogP contribution < -0.4 is 20.7 Å². The predicted molar refractivity (Wildman–Crippen MR) is 93.3 cm³/mol. The summed E-state index contributed by atoms with van der Waals surface area (Å²) in [5, 5.41) is 0. The molecule has 10 heteroatoms. The van der Waals surface area contributed by atoms with Gasteiger partial charge in [-0.05, 0) is 18.2 Å². The summed E-state index contributed by atoms with van der Waals surface area (Å²) in [7, 11) is 0. The predicted octanol–water partition coefficient (Wildman–Crippen LogP) is 1.42. The summed E-state index contributed by atoms with van der Waals surface area (Å²) in [5.74, 6) is 1.25. The van der Waals surface area contributed by atoms with Gasteiger partial charge >= 0.3 is 5.69 Å². The van der Waals surface area contributed by atoms with Gasteiger partial charge in [-0.15, -0.1) is 11.3 Å². The highest BCUT2D eigenvalue weighted by Gasteiger charge is 2.16. The van der Waals surface area contributed by atoms with Crippen molar-refractivity contribution in [3.63, 3.8) is 0 Å². The highest BCUT2D eigenvalue weighted by molar-refractivity contribution is 8.01. The van der Waals surface area contributed by atoms with Crippen LogP contribution in [0.25, 0.3) is 10.3 Å². The third-order valence-corrected chi connectivity index (χ3v) is 5.66. The highest BCUT2D eigenvalue weighted by Crippen LogP contribution is 2.32. The Morgan fingerprint density at radius 1 is 1.20 bits per heavy atom. The van der Waals surface area contributed by atoms with Crippen molar-refractivity contribution in [3.8, 4) is 11.5 Å². The van der Waals surface area contributed by atoms with Gasteiger partial charge in [-0.3, -0.25) is 19.6 Å². The molecule has 0 fully saturated rings. The van der Waals surface area contributed by atoms with Crippen molar-refractivity contribution in [2.45, 2.75) is 4.34 Å². The maximum Gasteiger partial charge on any atom is 0.327 e. The normalized spacial score (nSPS) is 13.1. The average Bonchev–Trinajstić information content (AvgIpc) is 3.02. The molecule has 0 saturated heterocycles. The van der Waals surface area contributed by atoms with Crippen molar-refractivity contribution in [1.82, 2.24) is 15.0 Å². The van der Waals surface area contributed by atoms with Crippen LogP contribution in [0.5, 0.6) is 11.5 Å². The molecule has 0 amide bonds. The summed E-state index contributed by atoms with van der Waals surface area (Å²) >= 11 is 2.35. The van der Waals surface area contributed by atoms with E-state index in [2.05, 4.69) is 15.0 Å². The highest BCUT2D eigenvalue weighted by atomic mass is 32.2. The molecule has 3 aromatic rings. The lowest BCUT2D eigenvalue weighted by Gasteiger charge is -2.18. The number of ketones is 1. The second-order valence-corrected chi connectivity index (χ2v) is 7.36. The van der Waals surface area contributed by atoms with E-state index in [0.717, 1.165) is 11.3 Å². The van der Waals surface area contributed by atoms with E-state index in [1.807, 2.05) is 0 Å². The van der Waals surface area contributed by atoms with Crippen LogP contribution in [-0.4, -0.2) is 39.7 Å². The van der Waals surface area contributed by atoms with Crippen LogP contribution >= 0.6 is 23.1 Å².